The van der Waals surface area contributed by atoms with Gasteiger partial charge < -0.3 is 9.64 Å². The van der Waals surface area contributed by atoms with E-state index in [4.69, 9.17) is 16.3 Å². The Balaban J connectivity index is 1.93. The van der Waals surface area contributed by atoms with E-state index in [1.54, 1.807) is 22.7 Å². The summed E-state index contributed by atoms with van der Waals surface area (Å²) in [4.78, 5) is 22.0. The van der Waals surface area contributed by atoms with Gasteiger partial charge in [0.2, 0.25) is 0 Å². The van der Waals surface area contributed by atoms with Gasteiger partial charge in [-0.3, -0.25) is 0 Å². The molecule has 1 amide bonds. The molecular formula is C14H20ClN3O2S. The van der Waals surface area contributed by atoms with Gasteiger partial charge in [-0.1, -0.05) is 11.6 Å². The Kier molecular flexibility index (Phi) is 5.32. The minimum Gasteiger partial charge on any atom is -0.444 e. The molecule has 7 heteroatoms. The highest BCUT2D eigenvalue weighted by Crippen LogP contribution is 2.29. The van der Waals surface area contributed by atoms with E-state index in [0.717, 1.165) is 24.4 Å². The summed E-state index contributed by atoms with van der Waals surface area (Å²) in [5.74, 6) is 0. The lowest BCUT2D eigenvalue weighted by Crippen LogP contribution is -2.43. The van der Waals surface area contributed by atoms with Gasteiger partial charge in [0.05, 0.1) is 0 Å². The highest BCUT2D eigenvalue weighted by Gasteiger charge is 2.28. The third kappa shape index (κ3) is 5.36. The first-order valence-electron chi connectivity index (χ1n) is 6.95. The molecule has 116 valence electrons. The quantitative estimate of drug-likeness (QED) is 0.776. The maximum atomic E-state index is 12.1. The average Bonchev–Trinajstić information content (AvgIpc) is 2.37. The van der Waals surface area contributed by atoms with Crippen LogP contribution in [0.2, 0.25) is 5.15 Å². The van der Waals surface area contributed by atoms with E-state index < -0.39 is 5.60 Å². The second-order valence-corrected chi connectivity index (χ2v) is 7.70. The Hall–Kier alpha value is -1.01. The normalized spacial score (nSPS) is 19.4. The van der Waals surface area contributed by atoms with Crippen LogP contribution in [0.4, 0.5) is 4.79 Å². The molecule has 2 rings (SSSR count). The van der Waals surface area contributed by atoms with E-state index >= 15 is 0 Å². The van der Waals surface area contributed by atoms with Gasteiger partial charge in [0.15, 0.2) is 0 Å². The molecule has 1 aliphatic rings. The van der Waals surface area contributed by atoms with Crippen molar-refractivity contribution in [2.24, 2.45) is 0 Å². The maximum absolute atomic E-state index is 12.1. The summed E-state index contributed by atoms with van der Waals surface area (Å²) in [5.41, 5.74) is -0.461. The number of aromatic nitrogens is 2. The molecule has 1 aromatic rings. The lowest BCUT2D eigenvalue weighted by molar-refractivity contribution is 0.0220. The fourth-order valence-electron chi connectivity index (χ4n) is 2.08. The highest BCUT2D eigenvalue weighted by molar-refractivity contribution is 7.99. The minimum absolute atomic E-state index is 0.242. The van der Waals surface area contributed by atoms with Crippen molar-refractivity contribution in [1.29, 1.82) is 0 Å². The number of carbonyl (C=O) groups is 1. The van der Waals surface area contributed by atoms with Crippen LogP contribution in [0.1, 0.15) is 33.6 Å². The number of piperidine rings is 1. The molecule has 2 heterocycles. The maximum Gasteiger partial charge on any atom is 0.410 e. The predicted molar refractivity (Wildman–Crippen MR) is 83.7 cm³/mol. The second kappa shape index (κ2) is 6.83. The Morgan fingerprint density at radius 3 is 2.90 bits per heavy atom. The Morgan fingerprint density at radius 2 is 2.24 bits per heavy atom. The third-order valence-electron chi connectivity index (χ3n) is 2.93. The molecule has 0 unspecified atom stereocenters. The van der Waals surface area contributed by atoms with E-state index in [2.05, 4.69) is 9.97 Å². The lowest BCUT2D eigenvalue weighted by Gasteiger charge is -2.33. The number of thioether (sulfide) groups is 1. The Morgan fingerprint density at radius 1 is 1.48 bits per heavy atom. The molecule has 0 radical (unpaired) electrons. The zero-order valence-corrected chi connectivity index (χ0v) is 14.1. The van der Waals surface area contributed by atoms with Gasteiger partial charge in [-0.05, 0) is 33.6 Å². The van der Waals surface area contributed by atoms with Crippen molar-refractivity contribution in [3.8, 4) is 0 Å². The van der Waals surface area contributed by atoms with Crippen LogP contribution in [0.15, 0.2) is 17.4 Å². The van der Waals surface area contributed by atoms with Gasteiger partial charge in [0, 0.05) is 24.4 Å². The Labute approximate surface area is 134 Å². The molecular weight excluding hydrogens is 310 g/mol. The van der Waals surface area contributed by atoms with Crippen LogP contribution in [0.25, 0.3) is 0 Å². The molecule has 21 heavy (non-hydrogen) atoms. The van der Waals surface area contributed by atoms with Crippen LogP contribution in [0.5, 0.6) is 0 Å². The monoisotopic (exact) mass is 329 g/mol. The van der Waals surface area contributed by atoms with E-state index in [1.807, 2.05) is 20.8 Å². The fourth-order valence-corrected chi connectivity index (χ4v) is 3.46. The van der Waals surface area contributed by atoms with Crippen molar-refractivity contribution < 1.29 is 9.53 Å². The molecule has 1 atom stereocenters. The summed E-state index contributed by atoms with van der Waals surface area (Å²) < 4.78 is 5.43. The smallest absolute Gasteiger partial charge is 0.410 e. The summed E-state index contributed by atoms with van der Waals surface area (Å²) in [7, 11) is 0. The number of hydrogen-bond acceptors (Lipinski definition) is 5. The molecule has 0 spiro atoms. The number of carbonyl (C=O) groups excluding carboxylic acids is 1. The Bertz CT molecular complexity index is 507. The van der Waals surface area contributed by atoms with Crippen molar-refractivity contribution in [1.82, 2.24) is 14.9 Å². The van der Waals surface area contributed by atoms with Gasteiger partial charge in [-0.25, -0.2) is 14.8 Å². The summed E-state index contributed by atoms with van der Waals surface area (Å²) in [5, 5.41) is 1.58. The SMILES string of the molecule is CC(C)(C)OC(=O)N1CCC[C@H](Sc2cc(Cl)ncn2)C1. The van der Waals surface area contributed by atoms with Crippen LogP contribution in [0.3, 0.4) is 0 Å². The van der Waals surface area contributed by atoms with Gasteiger partial charge in [-0.2, -0.15) is 0 Å². The van der Waals surface area contributed by atoms with Crippen molar-refractivity contribution >= 4 is 29.5 Å². The van der Waals surface area contributed by atoms with E-state index in [1.165, 1.54) is 6.33 Å². The van der Waals surface area contributed by atoms with E-state index in [0.29, 0.717) is 16.9 Å². The first-order chi connectivity index (χ1) is 9.83. The molecule has 0 bridgehead atoms. The van der Waals surface area contributed by atoms with Crippen LogP contribution < -0.4 is 0 Å². The van der Waals surface area contributed by atoms with Gasteiger partial charge in [-0.15, -0.1) is 11.8 Å². The number of rotatable bonds is 2. The lowest BCUT2D eigenvalue weighted by atomic mass is 10.1. The first kappa shape index (κ1) is 16.4. The summed E-state index contributed by atoms with van der Waals surface area (Å²) in [6, 6.07) is 1.75. The zero-order valence-electron chi connectivity index (χ0n) is 12.5. The average molecular weight is 330 g/mol. The van der Waals surface area contributed by atoms with Crippen LogP contribution in [0, 0.1) is 0 Å². The van der Waals surface area contributed by atoms with Crippen LogP contribution in [-0.4, -0.2) is 44.9 Å². The molecule has 0 aliphatic carbocycles. The largest absolute Gasteiger partial charge is 0.444 e. The topological polar surface area (TPSA) is 55.3 Å². The zero-order chi connectivity index (χ0) is 15.5. The summed E-state index contributed by atoms with van der Waals surface area (Å²) in [6.07, 6.45) is 3.23. The molecule has 0 saturated carbocycles. The fraction of sp³-hybridized carbons (Fsp3) is 0.643. The minimum atomic E-state index is -0.461. The summed E-state index contributed by atoms with van der Waals surface area (Å²) >= 11 is 7.50. The molecule has 1 aromatic heterocycles. The van der Waals surface area contributed by atoms with Crippen molar-refractivity contribution in [3.63, 3.8) is 0 Å². The van der Waals surface area contributed by atoms with Gasteiger partial charge in [0.25, 0.3) is 0 Å². The number of likely N-dealkylation sites (tertiary alicyclic amines) is 1. The van der Waals surface area contributed by atoms with Gasteiger partial charge in [0.1, 0.15) is 22.1 Å². The standard InChI is InChI=1S/C14H20ClN3O2S/c1-14(2,3)20-13(19)18-6-4-5-10(8-18)21-12-7-11(15)16-9-17-12/h7,9-10H,4-6,8H2,1-3H3/t10-/m0/s1. The highest BCUT2D eigenvalue weighted by atomic mass is 35.5. The van der Waals surface area contributed by atoms with Crippen molar-refractivity contribution in [3.05, 3.63) is 17.5 Å². The first-order valence-corrected chi connectivity index (χ1v) is 8.21. The molecule has 1 fully saturated rings. The number of ether oxygens (including phenoxy) is 1. The molecule has 5 nitrogen and oxygen atoms in total. The van der Waals surface area contributed by atoms with Crippen molar-refractivity contribution in [2.45, 2.75) is 49.5 Å². The van der Waals surface area contributed by atoms with Crippen LogP contribution >= 0.6 is 23.4 Å². The van der Waals surface area contributed by atoms with Gasteiger partial charge >= 0.3 is 6.09 Å². The van der Waals surface area contributed by atoms with E-state index in [9.17, 15) is 4.79 Å². The number of hydrogen-bond donors (Lipinski definition) is 0. The van der Waals surface area contributed by atoms with Crippen LogP contribution in [-0.2, 0) is 4.74 Å². The predicted octanol–water partition coefficient (Wildman–Crippen LogP) is 3.62. The van der Waals surface area contributed by atoms with Crippen molar-refractivity contribution in [2.75, 3.05) is 13.1 Å². The number of nitrogens with zero attached hydrogens (tertiary/aromatic N) is 3. The summed E-state index contributed by atoms with van der Waals surface area (Å²) in [6.45, 7) is 7.05. The molecule has 1 aliphatic heterocycles. The number of halogens is 1. The molecule has 1 saturated heterocycles. The number of amides is 1. The third-order valence-corrected chi connectivity index (χ3v) is 4.32. The second-order valence-electron chi connectivity index (χ2n) is 5.99. The van der Waals surface area contributed by atoms with E-state index in [-0.39, 0.29) is 6.09 Å². The molecule has 0 aromatic carbocycles. The molecule has 0 N–H and O–H groups in total.